The quantitative estimate of drug-likeness (QED) is 0.501. The maximum Gasteiger partial charge on any atom is 0.264 e. The van der Waals surface area contributed by atoms with Gasteiger partial charge in [-0.05, 0) is 12.1 Å². The molecule has 128 valence electrons. The Kier molecular flexibility index (Phi) is 5.61. The minimum Gasteiger partial charge on any atom is -0.493 e. The molecular weight excluding hydrogens is 316 g/mol. The summed E-state index contributed by atoms with van der Waals surface area (Å²) >= 11 is 0. The van der Waals surface area contributed by atoms with Gasteiger partial charge in [-0.2, -0.15) is 5.10 Å². The summed E-state index contributed by atoms with van der Waals surface area (Å²) in [6, 6.07) is 4.70. The average Bonchev–Trinajstić information content (AvgIpc) is 2.98. The van der Waals surface area contributed by atoms with E-state index in [1.807, 2.05) is 0 Å². The summed E-state index contributed by atoms with van der Waals surface area (Å²) in [6.07, 6.45) is 1.45. The number of carbonyl (C=O) groups is 1. The normalized spacial score (nSPS) is 10.6. The summed E-state index contributed by atoms with van der Waals surface area (Å²) < 4.78 is 15.7. The molecule has 1 aromatic heterocycles. The Hall–Kier alpha value is -3.23. The molecule has 24 heavy (non-hydrogen) atoms. The second kappa shape index (κ2) is 7.86. The van der Waals surface area contributed by atoms with Gasteiger partial charge in [0.1, 0.15) is 0 Å². The molecule has 1 aromatic carbocycles. The Morgan fingerprint density at radius 1 is 1.12 bits per heavy atom. The van der Waals surface area contributed by atoms with E-state index in [1.54, 1.807) is 12.1 Å². The van der Waals surface area contributed by atoms with Crippen molar-refractivity contribution in [3.05, 3.63) is 39.8 Å². The van der Waals surface area contributed by atoms with Gasteiger partial charge in [0.05, 0.1) is 34.0 Å². The summed E-state index contributed by atoms with van der Waals surface area (Å²) in [5.74, 6) is 1.07. The van der Waals surface area contributed by atoms with Crippen molar-refractivity contribution >= 4 is 12.1 Å². The molecule has 2 aromatic rings. The Labute approximate surface area is 137 Å². The Bertz CT molecular complexity index is 768. The molecule has 1 amide bonds. The van der Waals surface area contributed by atoms with Gasteiger partial charge in [0.25, 0.3) is 5.56 Å². The zero-order valence-electron chi connectivity index (χ0n) is 13.5. The molecule has 1 heterocycles. The fraction of sp³-hybridized carbons (Fsp3) is 0.267. The van der Waals surface area contributed by atoms with Crippen molar-refractivity contribution in [2.75, 3.05) is 21.3 Å². The van der Waals surface area contributed by atoms with E-state index in [4.69, 9.17) is 14.2 Å². The van der Waals surface area contributed by atoms with Gasteiger partial charge < -0.3 is 19.3 Å². The number of hydrogen-bond acceptors (Lipinski definition) is 6. The van der Waals surface area contributed by atoms with Crippen LogP contribution in [0.1, 0.15) is 11.3 Å². The van der Waals surface area contributed by atoms with Gasteiger partial charge >= 0.3 is 0 Å². The average molecular weight is 334 g/mol. The topological polar surface area (TPSA) is 118 Å². The van der Waals surface area contributed by atoms with Crippen molar-refractivity contribution in [2.45, 2.75) is 6.42 Å². The third-order valence-electron chi connectivity index (χ3n) is 3.09. The lowest BCUT2D eigenvalue weighted by Crippen LogP contribution is -2.20. The van der Waals surface area contributed by atoms with Crippen molar-refractivity contribution in [2.24, 2.45) is 5.10 Å². The molecule has 0 aliphatic heterocycles. The highest BCUT2D eigenvalue weighted by Crippen LogP contribution is 2.37. The van der Waals surface area contributed by atoms with Gasteiger partial charge in [-0.3, -0.25) is 14.7 Å². The van der Waals surface area contributed by atoms with Crippen LogP contribution in [-0.2, 0) is 11.2 Å². The van der Waals surface area contributed by atoms with E-state index in [2.05, 4.69) is 20.7 Å². The fourth-order valence-corrected chi connectivity index (χ4v) is 2.03. The van der Waals surface area contributed by atoms with Crippen LogP contribution in [0.3, 0.4) is 0 Å². The molecule has 0 spiro atoms. The lowest BCUT2D eigenvalue weighted by atomic mass is 10.2. The predicted molar refractivity (Wildman–Crippen MR) is 87.0 cm³/mol. The van der Waals surface area contributed by atoms with E-state index in [0.717, 1.165) is 0 Å². The van der Waals surface area contributed by atoms with E-state index in [1.165, 1.54) is 33.6 Å². The molecule has 0 aliphatic carbocycles. The van der Waals surface area contributed by atoms with Gasteiger partial charge in [0.15, 0.2) is 11.5 Å². The number of methoxy groups -OCH3 is 3. The SMILES string of the molecule is COc1cc(/C=N\NC(=O)Cc2cc(=O)[nH][nH]2)cc(OC)c1OC. The largest absolute Gasteiger partial charge is 0.493 e. The van der Waals surface area contributed by atoms with Crippen molar-refractivity contribution < 1.29 is 19.0 Å². The van der Waals surface area contributed by atoms with Crippen LogP contribution in [0.25, 0.3) is 0 Å². The van der Waals surface area contributed by atoms with E-state index in [-0.39, 0.29) is 17.9 Å². The number of nitrogens with zero attached hydrogens (tertiary/aromatic N) is 1. The van der Waals surface area contributed by atoms with Gasteiger partial charge in [-0.15, -0.1) is 0 Å². The molecule has 0 radical (unpaired) electrons. The lowest BCUT2D eigenvalue weighted by Gasteiger charge is -2.12. The first-order valence-electron chi connectivity index (χ1n) is 6.96. The van der Waals surface area contributed by atoms with Crippen LogP contribution in [0.2, 0.25) is 0 Å². The van der Waals surface area contributed by atoms with Crippen molar-refractivity contribution in [1.29, 1.82) is 0 Å². The maximum atomic E-state index is 11.7. The first-order chi connectivity index (χ1) is 11.6. The second-order valence-electron chi connectivity index (χ2n) is 4.71. The standard InChI is InChI=1S/C15H18N4O5/c1-22-11-4-9(5-12(23-2)15(11)24-3)8-16-18-13(20)6-10-7-14(21)19-17-10/h4-5,7-8H,6H2,1-3H3,(H,18,20)(H2,17,19,21)/b16-8-. The molecule has 0 saturated heterocycles. The molecule has 0 fully saturated rings. The second-order valence-corrected chi connectivity index (χ2v) is 4.71. The van der Waals surface area contributed by atoms with Gasteiger partial charge in [-0.25, -0.2) is 5.43 Å². The molecule has 0 aliphatic rings. The molecule has 0 atom stereocenters. The summed E-state index contributed by atoms with van der Waals surface area (Å²) in [6.45, 7) is 0. The monoisotopic (exact) mass is 334 g/mol. The Morgan fingerprint density at radius 3 is 2.29 bits per heavy atom. The van der Waals surface area contributed by atoms with Gasteiger partial charge in [0, 0.05) is 17.3 Å². The summed E-state index contributed by atoms with van der Waals surface area (Å²) in [4.78, 5) is 22.7. The molecule has 0 unspecified atom stereocenters. The van der Waals surface area contributed by atoms with Crippen molar-refractivity contribution in [3.63, 3.8) is 0 Å². The number of rotatable bonds is 7. The highest BCUT2D eigenvalue weighted by atomic mass is 16.5. The van der Waals surface area contributed by atoms with Crippen LogP contribution in [0.5, 0.6) is 17.2 Å². The number of aromatic nitrogens is 2. The van der Waals surface area contributed by atoms with E-state index in [9.17, 15) is 9.59 Å². The fourth-order valence-electron chi connectivity index (χ4n) is 2.03. The third-order valence-corrected chi connectivity index (χ3v) is 3.09. The predicted octanol–water partition coefficient (Wildman–Crippen LogP) is 0.422. The molecule has 9 heteroatoms. The minimum absolute atomic E-state index is 0.00529. The van der Waals surface area contributed by atoms with Crippen LogP contribution in [0.15, 0.2) is 28.1 Å². The van der Waals surface area contributed by atoms with E-state index in [0.29, 0.717) is 28.5 Å². The van der Waals surface area contributed by atoms with Crippen molar-refractivity contribution in [3.8, 4) is 17.2 Å². The molecule has 0 saturated carbocycles. The Balaban J connectivity index is 2.05. The summed E-state index contributed by atoms with van der Waals surface area (Å²) in [5, 5.41) is 8.82. The van der Waals surface area contributed by atoms with Crippen molar-refractivity contribution in [1.82, 2.24) is 15.6 Å². The molecule has 3 N–H and O–H groups in total. The van der Waals surface area contributed by atoms with E-state index < -0.39 is 0 Å². The summed E-state index contributed by atoms with van der Waals surface area (Å²) in [7, 11) is 4.54. The highest BCUT2D eigenvalue weighted by Gasteiger charge is 2.12. The number of H-pyrrole nitrogens is 2. The first-order valence-corrected chi connectivity index (χ1v) is 6.96. The number of ether oxygens (including phenoxy) is 3. The van der Waals surface area contributed by atoms with E-state index >= 15 is 0 Å². The zero-order valence-corrected chi connectivity index (χ0v) is 13.5. The van der Waals surface area contributed by atoms with Crippen LogP contribution < -0.4 is 25.2 Å². The minimum atomic E-state index is -0.367. The molecule has 2 rings (SSSR count). The number of benzene rings is 1. The van der Waals surface area contributed by atoms with Crippen LogP contribution in [0, 0.1) is 0 Å². The third kappa shape index (κ3) is 4.15. The smallest absolute Gasteiger partial charge is 0.264 e. The zero-order chi connectivity index (χ0) is 17.5. The Morgan fingerprint density at radius 2 is 1.79 bits per heavy atom. The maximum absolute atomic E-state index is 11.7. The number of carbonyl (C=O) groups excluding carboxylic acids is 1. The first kappa shape index (κ1) is 17.1. The molecule has 0 bridgehead atoms. The van der Waals surface area contributed by atoms with Crippen LogP contribution >= 0.6 is 0 Å². The van der Waals surface area contributed by atoms with Gasteiger partial charge in [-0.1, -0.05) is 0 Å². The lowest BCUT2D eigenvalue weighted by molar-refractivity contribution is -0.120. The van der Waals surface area contributed by atoms with Crippen LogP contribution in [0.4, 0.5) is 0 Å². The number of amides is 1. The molecule has 9 nitrogen and oxygen atoms in total. The number of aromatic amines is 2. The number of hydrogen-bond donors (Lipinski definition) is 3. The number of hydrazone groups is 1. The molecular formula is C15H18N4O5. The van der Waals surface area contributed by atoms with Crippen LogP contribution in [-0.4, -0.2) is 43.6 Å². The number of nitrogens with one attached hydrogen (secondary N) is 3. The summed E-state index contributed by atoms with van der Waals surface area (Å²) in [5.41, 5.74) is 3.21. The highest BCUT2D eigenvalue weighted by molar-refractivity contribution is 5.84. The van der Waals surface area contributed by atoms with Gasteiger partial charge in [0.2, 0.25) is 11.7 Å².